The molecular formula is C13H18F3N7. The SMILES string of the molecule is C[C@H](c1nnnn1C)N1CCC[C@@H](n2ccc(C(F)(F)F)n2)C1. The average molecular weight is 329 g/mol. The van der Waals surface area contributed by atoms with Gasteiger partial charge < -0.3 is 0 Å². The first-order valence-electron chi connectivity index (χ1n) is 7.45. The number of nitrogens with zero attached hydrogens (tertiary/aromatic N) is 7. The van der Waals surface area contributed by atoms with Crippen LogP contribution in [0.5, 0.6) is 0 Å². The molecule has 0 aliphatic carbocycles. The first-order valence-corrected chi connectivity index (χ1v) is 7.45. The topological polar surface area (TPSA) is 64.7 Å². The highest BCUT2D eigenvalue weighted by Crippen LogP contribution is 2.31. The number of aromatic nitrogens is 6. The van der Waals surface area contributed by atoms with Gasteiger partial charge in [-0.15, -0.1) is 5.10 Å². The summed E-state index contributed by atoms with van der Waals surface area (Å²) in [5, 5.41) is 15.2. The molecule has 2 atom stereocenters. The summed E-state index contributed by atoms with van der Waals surface area (Å²) in [4.78, 5) is 2.18. The number of tetrazole rings is 1. The molecule has 2 aromatic heterocycles. The molecule has 0 N–H and O–H groups in total. The lowest BCUT2D eigenvalue weighted by Gasteiger charge is -2.36. The molecule has 1 fully saturated rings. The van der Waals surface area contributed by atoms with Crippen molar-refractivity contribution in [3.8, 4) is 0 Å². The minimum absolute atomic E-state index is 0.00421. The van der Waals surface area contributed by atoms with Crippen LogP contribution in [0.25, 0.3) is 0 Å². The Morgan fingerprint density at radius 3 is 2.74 bits per heavy atom. The smallest absolute Gasteiger partial charge is 0.291 e. The Labute approximate surface area is 131 Å². The van der Waals surface area contributed by atoms with E-state index in [1.54, 1.807) is 11.7 Å². The van der Waals surface area contributed by atoms with Crippen LogP contribution in [0, 0.1) is 0 Å². The molecule has 1 saturated heterocycles. The molecular weight excluding hydrogens is 311 g/mol. The van der Waals surface area contributed by atoms with Crippen molar-refractivity contribution in [1.29, 1.82) is 0 Å². The van der Waals surface area contributed by atoms with Gasteiger partial charge in [0.15, 0.2) is 11.5 Å². The van der Waals surface area contributed by atoms with Gasteiger partial charge in [-0.3, -0.25) is 9.58 Å². The van der Waals surface area contributed by atoms with Crippen molar-refractivity contribution >= 4 is 0 Å². The van der Waals surface area contributed by atoms with Crippen LogP contribution >= 0.6 is 0 Å². The number of halogens is 3. The van der Waals surface area contributed by atoms with E-state index in [9.17, 15) is 13.2 Å². The molecule has 1 aliphatic rings. The molecule has 0 spiro atoms. The van der Waals surface area contributed by atoms with Gasteiger partial charge in [0.1, 0.15) is 0 Å². The van der Waals surface area contributed by atoms with Crippen LogP contribution in [0.4, 0.5) is 13.2 Å². The summed E-state index contributed by atoms with van der Waals surface area (Å²) in [6.07, 6.45) is -1.30. The molecule has 1 aliphatic heterocycles. The van der Waals surface area contributed by atoms with Gasteiger partial charge in [0, 0.05) is 19.8 Å². The van der Waals surface area contributed by atoms with E-state index in [-0.39, 0.29) is 12.1 Å². The minimum atomic E-state index is -4.41. The lowest BCUT2D eigenvalue weighted by molar-refractivity contribution is -0.141. The van der Waals surface area contributed by atoms with Crippen LogP contribution < -0.4 is 0 Å². The van der Waals surface area contributed by atoms with Gasteiger partial charge in [0.2, 0.25) is 0 Å². The molecule has 0 unspecified atom stereocenters. The van der Waals surface area contributed by atoms with E-state index < -0.39 is 11.9 Å². The van der Waals surface area contributed by atoms with Crippen LogP contribution in [-0.4, -0.2) is 48.0 Å². The second-order valence-corrected chi connectivity index (χ2v) is 5.81. The van der Waals surface area contributed by atoms with E-state index in [2.05, 4.69) is 25.5 Å². The van der Waals surface area contributed by atoms with Crippen LogP contribution in [0.1, 0.15) is 43.4 Å². The van der Waals surface area contributed by atoms with Crippen molar-refractivity contribution in [3.63, 3.8) is 0 Å². The van der Waals surface area contributed by atoms with E-state index in [0.717, 1.165) is 31.3 Å². The highest BCUT2D eigenvalue weighted by atomic mass is 19.4. The molecule has 0 amide bonds. The molecule has 0 saturated carbocycles. The third kappa shape index (κ3) is 3.21. The molecule has 126 valence electrons. The summed E-state index contributed by atoms with van der Waals surface area (Å²) in [6, 6.07) is 0.938. The zero-order valence-electron chi connectivity index (χ0n) is 12.9. The maximum atomic E-state index is 12.7. The number of rotatable bonds is 3. The van der Waals surface area contributed by atoms with Crippen molar-refractivity contribution in [1.82, 2.24) is 34.9 Å². The van der Waals surface area contributed by atoms with E-state index >= 15 is 0 Å². The summed E-state index contributed by atoms with van der Waals surface area (Å²) >= 11 is 0. The van der Waals surface area contributed by atoms with Crippen LogP contribution in [-0.2, 0) is 13.2 Å². The van der Waals surface area contributed by atoms with Crippen LogP contribution in [0.2, 0.25) is 0 Å². The van der Waals surface area contributed by atoms with E-state index in [1.807, 2.05) is 6.92 Å². The van der Waals surface area contributed by atoms with E-state index in [0.29, 0.717) is 6.54 Å². The summed E-state index contributed by atoms with van der Waals surface area (Å²) in [7, 11) is 1.77. The second kappa shape index (κ2) is 5.91. The van der Waals surface area contributed by atoms with Gasteiger partial charge >= 0.3 is 6.18 Å². The predicted octanol–water partition coefficient (Wildman–Crippen LogP) is 1.82. The summed E-state index contributed by atoms with van der Waals surface area (Å²) < 4.78 is 41.1. The largest absolute Gasteiger partial charge is 0.435 e. The molecule has 23 heavy (non-hydrogen) atoms. The Bertz CT molecular complexity index is 663. The Morgan fingerprint density at radius 1 is 1.35 bits per heavy atom. The number of hydrogen-bond acceptors (Lipinski definition) is 5. The fourth-order valence-electron chi connectivity index (χ4n) is 3.00. The summed E-state index contributed by atoms with van der Waals surface area (Å²) in [5.74, 6) is 0.738. The van der Waals surface area contributed by atoms with Crippen molar-refractivity contribution in [2.45, 2.75) is 38.0 Å². The lowest BCUT2D eigenvalue weighted by Crippen LogP contribution is -2.39. The number of aryl methyl sites for hydroxylation is 1. The molecule has 7 nitrogen and oxygen atoms in total. The molecule has 2 aromatic rings. The van der Waals surface area contributed by atoms with E-state index in [1.165, 1.54) is 10.9 Å². The molecule has 0 bridgehead atoms. The first-order chi connectivity index (χ1) is 10.9. The Morgan fingerprint density at radius 2 is 2.13 bits per heavy atom. The third-order valence-electron chi connectivity index (χ3n) is 4.28. The fourth-order valence-corrected chi connectivity index (χ4v) is 3.00. The molecule has 10 heteroatoms. The van der Waals surface area contributed by atoms with Gasteiger partial charge in [0.05, 0.1) is 12.1 Å². The zero-order chi connectivity index (χ0) is 16.6. The van der Waals surface area contributed by atoms with Crippen molar-refractivity contribution < 1.29 is 13.2 Å². The highest BCUT2D eigenvalue weighted by Gasteiger charge is 2.35. The molecule has 0 aromatic carbocycles. The maximum absolute atomic E-state index is 12.7. The van der Waals surface area contributed by atoms with Gasteiger partial charge in [-0.25, -0.2) is 4.68 Å². The number of alkyl halides is 3. The monoisotopic (exact) mass is 329 g/mol. The van der Waals surface area contributed by atoms with Crippen LogP contribution in [0.15, 0.2) is 12.3 Å². The standard InChI is InChI=1S/C13H18F3N7/c1-9(12-17-19-20-21(12)2)22-6-3-4-10(8-22)23-7-5-11(18-23)13(14,15)16/h5,7,9-10H,3-4,6,8H2,1-2H3/t9-,10-/m1/s1. The van der Waals surface area contributed by atoms with Crippen molar-refractivity contribution in [2.24, 2.45) is 7.05 Å². The first kappa shape index (κ1) is 15.9. The maximum Gasteiger partial charge on any atom is 0.435 e. The molecule has 3 heterocycles. The average Bonchev–Trinajstić information content (AvgIpc) is 3.15. The third-order valence-corrected chi connectivity index (χ3v) is 4.28. The van der Waals surface area contributed by atoms with Crippen molar-refractivity contribution in [3.05, 3.63) is 23.8 Å². The predicted molar refractivity (Wildman–Crippen MR) is 74.3 cm³/mol. The van der Waals surface area contributed by atoms with Gasteiger partial charge in [-0.2, -0.15) is 18.3 Å². The molecule has 0 radical (unpaired) electrons. The molecule has 3 rings (SSSR count). The second-order valence-electron chi connectivity index (χ2n) is 5.81. The van der Waals surface area contributed by atoms with E-state index in [4.69, 9.17) is 0 Å². The van der Waals surface area contributed by atoms with Gasteiger partial charge in [-0.05, 0) is 42.8 Å². The number of piperidine rings is 1. The van der Waals surface area contributed by atoms with Gasteiger partial charge in [-0.1, -0.05) is 0 Å². The van der Waals surface area contributed by atoms with Crippen LogP contribution in [0.3, 0.4) is 0 Å². The Kier molecular flexibility index (Phi) is 4.09. The highest BCUT2D eigenvalue weighted by molar-refractivity contribution is 5.04. The zero-order valence-corrected chi connectivity index (χ0v) is 12.9. The fraction of sp³-hybridized carbons (Fsp3) is 0.692. The normalized spacial score (nSPS) is 21.5. The van der Waals surface area contributed by atoms with Crippen molar-refractivity contribution in [2.75, 3.05) is 13.1 Å². The lowest BCUT2D eigenvalue weighted by atomic mass is 10.0. The number of likely N-dealkylation sites (tertiary alicyclic amines) is 1. The minimum Gasteiger partial charge on any atom is -0.291 e. The Balaban J connectivity index is 1.73. The Hall–Kier alpha value is -1.97. The van der Waals surface area contributed by atoms with Gasteiger partial charge in [0.25, 0.3) is 0 Å². The summed E-state index contributed by atoms with van der Waals surface area (Å²) in [6.45, 7) is 3.48. The quantitative estimate of drug-likeness (QED) is 0.859. The number of hydrogen-bond donors (Lipinski definition) is 0. The summed E-state index contributed by atoms with van der Waals surface area (Å²) in [5.41, 5.74) is -0.847.